The number of hydrogen-bond acceptors (Lipinski definition) is 9. The Morgan fingerprint density at radius 1 is 0.719 bits per heavy atom. The number of nitro groups is 1. The van der Waals surface area contributed by atoms with Gasteiger partial charge in [-0.1, -0.05) is 48.5 Å². The number of nitrogens with zero attached hydrogens (tertiary/aromatic N) is 5. The molecule has 4 aromatic rings. The lowest BCUT2D eigenvalue weighted by Gasteiger charge is -2.10. The molecular weight excluding hydrogens is 408 g/mol. The van der Waals surface area contributed by atoms with E-state index in [-0.39, 0.29) is 11.6 Å². The first kappa shape index (κ1) is 20.4. The first-order valence-electron chi connectivity index (χ1n) is 9.60. The number of nitrogens with one attached hydrogen (secondary N) is 3. The number of para-hydroxylation sites is 3. The Morgan fingerprint density at radius 2 is 1.22 bits per heavy atom. The van der Waals surface area contributed by atoms with Gasteiger partial charge in [-0.3, -0.25) is 10.1 Å². The van der Waals surface area contributed by atoms with Crippen LogP contribution in [0.5, 0.6) is 0 Å². The average molecular weight is 426 g/mol. The number of hydrazone groups is 1. The molecule has 0 aliphatic carbocycles. The number of nitro benzene ring substituents is 1. The van der Waals surface area contributed by atoms with Crippen molar-refractivity contribution in [2.45, 2.75) is 0 Å². The van der Waals surface area contributed by atoms with Crippen LogP contribution in [-0.2, 0) is 0 Å². The molecule has 3 aromatic carbocycles. The minimum absolute atomic E-state index is 0.0495. The fourth-order valence-electron chi connectivity index (χ4n) is 2.76. The summed E-state index contributed by atoms with van der Waals surface area (Å²) in [6, 6.07) is 25.2. The van der Waals surface area contributed by atoms with Gasteiger partial charge in [-0.15, -0.1) is 0 Å². The van der Waals surface area contributed by atoms with E-state index < -0.39 is 4.92 Å². The summed E-state index contributed by atoms with van der Waals surface area (Å²) in [4.78, 5) is 23.8. The highest BCUT2D eigenvalue weighted by atomic mass is 16.6. The monoisotopic (exact) mass is 426 g/mol. The molecule has 158 valence electrons. The van der Waals surface area contributed by atoms with Crippen LogP contribution in [0.1, 0.15) is 5.56 Å². The maximum atomic E-state index is 11.2. The Labute approximate surface area is 183 Å². The highest BCUT2D eigenvalue weighted by Gasteiger charge is 2.11. The van der Waals surface area contributed by atoms with Gasteiger partial charge in [0.25, 0.3) is 5.69 Å². The van der Waals surface area contributed by atoms with Gasteiger partial charge in [0.15, 0.2) is 0 Å². The molecule has 0 atom stereocenters. The number of rotatable bonds is 8. The standard InChI is InChI=1S/C22H18N8O2/c31-30(32)19-14-8-7-9-16(19)15-23-29-22-27-20(24-17-10-3-1-4-11-17)26-21(28-22)25-18-12-5-2-6-13-18/h1-15H,(H3,24,25,26,27,28,29)/b23-15-. The van der Waals surface area contributed by atoms with Crippen molar-refractivity contribution in [1.82, 2.24) is 15.0 Å². The molecule has 0 unspecified atom stereocenters. The number of aromatic nitrogens is 3. The Morgan fingerprint density at radius 3 is 1.78 bits per heavy atom. The van der Waals surface area contributed by atoms with E-state index in [1.54, 1.807) is 18.2 Å². The first-order chi connectivity index (χ1) is 15.7. The summed E-state index contributed by atoms with van der Waals surface area (Å²) in [5.41, 5.74) is 4.63. The molecule has 0 radical (unpaired) electrons. The van der Waals surface area contributed by atoms with Crippen LogP contribution in [-0.4, -0.2) is 26.1 Å². The van der Waals surface area contributed by atoms with E-state index in [1.165, 1.54) is 12.3 Å². The second-order valence-electron chi connectivity index (χ2n) is 6.47. The number of hydrogen-bond donors (Lipinski definition) is 3. The molecule has 0 bridgehead atoms. The first-order valence-corrected chi connectivity index (χ1v) is 9.60. The summed E-state index contributed by atoms with van der Waals surface area (Å²) in [7, 11) is 0. The third-order valence-electron chi connectivity index (χ3n) is 4.20. The average Bonchev–Trinajstić information content (AvgIpc) is 2.80. The Bertz CT molecular complexity index is 1170. The van der Waals surface area contributed by atoms with Gasteiger partial charge in [-0.05, 0) is 30.3 Å². The number of benzene rings is 3. The van der Waals surface area contributed by atoms with Crippen LogP contribution in [0.25, 0.3) is 0 Å². The van der Waals surface area contributed by atoms with Crippen molar-refractivity contribution in [2.24, 2.45) is 5.10 Å². The molecule has 0 saturated heterocycles. The Hall–Kier alpha value is -4.86. The Balaban J connectivity index is 1.59. The van der Waals surface area contributed by atoms with Gasteiger partial charge in [0.2, 0.25) is 17.8 Å². The van der Waals surface area contributed by atoms with Crippen LogP contribution in [0.15, 0.2) is 90.0 Å². The van der Waals surface area contributed by atoms with Gasteiger partial charge in [-0.2, -0.15) is 20.1 Å². The lowest BCUT2D eigenvalue weighted by Crippen LogP contribution is -2.07. The van der Waals surface area contributed by atoms with E-state index >= 15 is 0 Å². The molecule has 32 heavy (non-hydrogen) atoms. The fraction of sp³-hybridized carbons (Fsp3) is 0. The summed E-state index contributed by atoms with van der Waals surface area (Å²) < 4.78 is 0. The zero-order valence-corrected chi connectivity index (χ0v) is 16.7. The van der Waals surface area contributed by atoms with Crippen molar-refractivity contribution < 1.29 is 4.92 Å². The molecule has 0 fully saturated rings. The molecule has 1 aromatic heterocycles. The summed E-state index contributed by atoms with van der Waals surface area (Å²) in [5, 5.41) is 21.5. The highest BCUT2D eigenvalue weighted by molar-refractivity contribution is 5.85. The maximum absolute atomic E-state index is 11.2. The van der Waals surface area contributed by atoms with Gasteiger partial charge >= 0.3 is 0 Å². The molecule has 0 aliphatic rings. The molecular formula is C22H18N8O2. The highest BCUT2D eigenvalue weighted by Crippen LogP contribution is 2.19. The predicted octanol–water partition coefficient (Wildman–Crippen LogP) is 4.71. The van der Waals surface area contributed by atoms with Gasteiger partial charge in [0.05, 0.1) is 16.7 Å². The predicted molar refractivity (Wildman–Crippen MR) is 124 cm³/mol. The van der Waals surface area contributed by atoms with Crippen LogP contribution >= 0.6 is 0 Å². The second-order valence-corrected chi connectivity index (χ2v) is 6.47. The molecule has 0 aliphatic heterocycles. The van der Waals surface area contributed by atoms with Crippen molar-refractivity contribution in [3.05, 3.63) is 101 Å². The largest absolute Gasteiger partial charge is 0.324 e. The lowest BCUT2D eigenvalue weighted by atomic mass is 10.2. The topological polar surface area (TPSA) is 130 Å². The van der Waals surface area contributed by atoms with Gasteiger partial charge in [0, 0.05) is 17.4 Å². The van der Waals surface area contributed by atoms with E-state index in [4.69, 9.17) is 0 Å². The Kier molecular flexibility index (Phi) is 6.23. The van der Waals surface area contributed by atoms with E-state index in [0.717, 1.165) is 11.4 Å². The van der Waals surface area contributed by atoms with Crippen molar-refractivity contribution in [1.29, 1.82) is 0 Å². The van der Waals surface area contributed by atoms with Crippen LogP contribution in [0.3, 0.4) is 0 Å². The molecule has 10 heteroatoms. The van der Waals surface area contributed by atoms with E-state index in [2.05, 4.69) is 36.1 Å². The van der Waals surface area contributed by atoms with Crippen molar-refractivity contribution >= 4 is 41.1 Å². The van der Waals surface area contributed by atoms with E-state index in [0.29, 0.717) is 17.5 Å². The molecule has 4 rings (SSSR count). The van der Waals surface area contributed by atoms with E-state index in [9.17, 15) is 10.1 Å². The summed E-state index contributed by atoms with van der Waals surface area (Å²) in [5.74, 6) is 0.757. The second kappa shape index (κ2) is 9.76. The zero-order valence-electron chi connectivity index (χ0n) is 16.7. The fourth-order valence-corrected chi connectivity index (χ4v) is 2.76. The molecule has 10 nitrogen and oxygen atoms in total. The molecule has 0 spiro atoms. The lowest BCUT2D eigenvalue weighted by molar-refractivity contribution is -0.385. The van der Waals surface area contributed by atoms with Crippen molar-refractivity contribution in [2.75, 3.05) is 16.1 Å². The van der Waals surface area contributed by atoms with Crippen molar-refractivity contribution in [3.63, 3.8) is 0 Å². The van der Waals surface area contributed by atoms with E-state index in [1.807, 2.05) is 60.7 Å². The maximum Gasteiger partial charge on any atom is 0.278 e. The van der Waals surface area contributed by atoms with Gasteiger partial charge in [-0.25, -0.2) is 5.43 Å². The smallest absolute Gasteiger partial charge is 0.278 e. The van der Waals surface area contributed by atoms with Gasteiger partial charge < -0.3 is 10.6 Å². The third-order valence-corrected chi connectivity index (χ3v) is 4.20. The summed E-state index contributed by atoms with van der Waals surface area (Å²) >= 11 is 0. The SMILES string of the molecule is O=[N+]([O-])c1ccccc1/C=N\Nc1nc(Nc2ccccc2)nc(Nc2ccccc2)n1. The molecule has 0 saturated carbocycles. The van der Waals surface area contributed by atoms with Crippen LogP contribution in [0.2, 0.25) is 0 Å². The zero-order chi connectivity index (χ0) is 22.2. The summed E-state index contributed by atoms with van der Waals surface area (Å²) in [6.45, 7) is 0. The van der Waals surface area contributed by atoms with Gasteiger partial charge in [0.1, 0.15) is 0 Å². The van der Waals surface area contributed by atoms with Crippen LogP contribution < -0.4 is 16.1 Å². The third kappa shape index (κ3) is 5.39. The quantitative estimate of drug-likeness (QED) is 0.210. The van der Waals surface area contributed by atoms with Crippen molar-refractivity contribution in [3.8, 4) is 0 Å². The van der Waals surface area contributed by atoms with Crippen LogP contribution in [0.4, 0.5) is 34.9 Å². The molecule has 0 amide bonds. The molecule has 1 heterocycles. The number of anilines is 5. The molecule has 3 N–H and O–H groups in total. The minimum atomic E-state index is -0.464. The minimum Gasteiger partial charge on any atom is -0.324 e. The van der Waals surface area contributed by atoms with Crippen LogP contribution in [0, 0.1) is 10.1 Å². The summed E-state index contributed by atoms with van der Waals surface area (Å²) in [6.07, 6.45) is 1.34. The normalized spacial score (nSPS) is 10.6.